The molecule has 0 unspecified atom stereocenters. The van der Waals surface area contributed by atoms with Gasteiger partial charge in [0.25, 0.3) is 16.0 Å². The van der Waals surface area contributed by atoms with Crippen LogP contribution < -0.4 is 5.32 Å². The van der Waals surface area contributed by atoms with Crippen LogP contribution in [0.3, 0.4) is 0 Å². The van der Waals surface area contributed by atoms with Crippen molar-refractivity contribution in [3.05, 3.63) is 65.2 Å². The van der Waals surface area contributed by atoms with Crippen molar-refractivity contribution in [2.45, 2.75) is 18.7 Å². The molecule has 6 nitrogen and oxygen atoms in total. The summed E-state index contributed by atoms with van der Waals surface area (Å²) in [4.78, 5) is 12.1. The van der Waals surface area contributed by atoms with Gasteiger partial charge in [-0.2, -0.15) is 8.42 Å². The van der Waals surface area contributed by atoms with Gasteiger partial charge in [0.2, 0.25) is 0 Å². The van der Waals surface area contributed by atoms with Crippen LogP contribution in [-0.2, 0) is 10.1 Å². The molecular weight excluding hydrogens is 354 g/mol. The van der Waals surface area contributed by atoms with Gasteiger partial charge in [-0.3, -0.25) is 9.35 Å². The topological polar surface area (TPSA) is 104 Å². The zero-order valence-corrected chi connectivity index (χ0v) is 15.0. The molecular formula is C19H17NO5S. The van der Waals surface area contributed by atoms with E-state index in [1.165, 1.54) is 24.3 Å². The molecule has 7 heteroatoms. The fourth-order valence-corrected chi connectivity index (χ4v) is 3.48. The van der Waals surface area contributed by atoms with Crippen molar-refractivity contribution >= 4 is 32.5 Å². The first-order valence-electron chi connectivity index (χ1n) is 7.78. The van der Waals surface area contributed by atoms with Crippen molar-refractivity contribution in [2.24, 2.45) is 0 Å². The molecule has 3 aromatic rings. The number of benzene rings is 3. The number of hydrogen-bond donors (Lipinski definition) is 3. The molecule has 134 valence electrons. The molecule has 0 radical (unpaired) electrons. The molecule has 0 aromatic heterocycles. The van der Waals surface area contributed by atoms with Crippen molar-refractivity contribution in [1.82, 2.24) is 0 Å². The fraction of sp³-hybridized carbons (Fsp3) is 0.105. The first kappa shape index (κ1) is 17.9. The van der Waals surface area contributed by atoms with E-state index in [9.17, 15) is 22.9 Å². The van der Waals surface area contributed by atoms with Crippen LogP contribution in [0.25, 0.3) is 10.8 Å². The number of aryl methyl sites for hydroxylation is 2. The molecule has 0 saturated carbocycles. The lowest BCUT2D eigenvalue weighted by atomic mass is 10.0. The van der Waals surface area contributed by atoms with Crippen LogP contribution in [0.4, 0.5) is 5.69 Å². The van der Waals surface area contributed by atoms with Gasteiger partial charge in [-0.05, 0) is 55.8 Å². The summed E-state index contributed by atoms with van der Waals surface area (Å²) in [5, 5.41) is 13.3. The number of rotatable bonds is 3. The number of hydrogen-bond acceptors (Lipinski definition) is 4. The highest BCUT2D eigenvalue weighted by Gasteiger charge is 2.19. The zero-order chi connectivity index (χ0) is 19.1. The van der Waals surface area contributed by atoms with Gasteiger partial charge in [-0.1, -0.05) is 17.7 Å². The van der Waals surface area contributed by atoms with E-state index in [2.05, 4.69) is 5.32 Å². The average molecular weight is 371 g/mol. The Kier molecular flexibility index (Phi) is 4.43. The van der Waals surface area contributed by atoms with Crippen molar-refractivity contribution < 1.29 is 22.9 Å². The van der Waals surface area contributed by atoms with E-state index < -0.39 is 16.0 Å². The van der Waals surface area contributed by atoms with Crippen LogP contribution >= 0.6 is 0 Å². The largest absolute Gasteiger partial charge is 0.507 e. The van der Waals surface area contributed by atoms with E-state index >= 15 is 0 Å². The summed E-state index contributed by atoms with van der Waals surface area (Å²) in [7, 11) is -4.49. The van der Waals surface area contributed by atoms with Gasteiger partial charge < -0.3 is 10.4 Å². The van der Waals surface area contributed by atoms with Crippen LogP contribution in [0.1, 0.15) is 21.5 Å². The minimum Gasteiger partial charge on any atom is -0.507 e. The Balaban J connectivity index is 2.15. The maximum Gasteiger partial charge on any atom is 0.295 e. The molecule has 0 heterocycles. The second kappa shape index (κ2) is 6.44. The van der Waals surface area contributed by atoms with E-state index in [1.807, 2.05) is 6.92 Å². The number of phenolic OH excluding ortho intramolecular Hbond substituents is 1. The lowest BCUT2D eigenvalue weighted by molar-refractivity contribution is 0.102. The molecule has 1 amide bonds. The van der Waals surface area contributed by atoms with Gasteiger partial charge in [0.15, 0.2) is 0 Å². The molecule has 3 N–H and O–H groups in total. The third-order valence-electron chi connectivity index (χ3n) is 4.04. The van der Waals surface area contributed by atoms with E-state index in [1.54, 1.807) is 31.2 Å². The van der Waals surface area contributed by atoms with Crippen molar-refractivity contribution in [3.63, 3.8) is 0 Å². The molecule has 0 aliphatic heterocycles. The highest BCUT2D eigenvalue weighted by molar-refractivity contribution is 7.86. The second-order valence-electron chi connectivity index (χ2n) is 6.11. The van der Waals surface area contributed by atoms with E-state index in [0.717, 1.165) is 5.56 Å². The third kappa shape index (κ3) is 3.40. The predicted molar refractivity (Wildman–Crippen MR) is 99.3 cm³/mol. The maximum atomic E-state index is 12.5. The lowest BCUT2D eigenvalue weighted by Crippen LogP contribution is -2.12. The summed E-state index contributed by atoms with van der Waals surface area (Å²) in [6.45, 7) is 3.59. The Labute approximate surface area is 150 Å². The summed E-state index contributed by atoms with van der Waals surface area (Å²) in [5.74, 6) is -0.587. The summed E-state index contributed by atoms with van der Waals surface area (Å²) in [5.41, 5.74) is 2.30. The van der Waals surface area contributed by atoms with Crippen molar-refractivity contribution in [2.75, 3.05) is 5.32 Å². The monoisotopic (exact) mass is 371 g/mol. The Morgan fingerprint density at radius 2 is 1.62 bits per heavy atom. The normalized spacial score (nSPS) is 11.5. The minimum atomic E-state index is -4.49. The van der Waals surface area contributed by atoms with Gasteiger partial charge in [0, 0.05) is 16.3 Å². The number of carbonyl (C=O) groups excluding carboxylic acids is 1. The molecule has 0 fully saturated rings. The smallest absolute Gasteiger partial charge is 0.295 e. The molecule has 26 heavy (non-hydrogen) atoms. The third-order valence-corrected chi connectivity index (χ3v) is 4.95. The molecule has 3 aromatic carbocycles. The van der Waals surface area contributed by atoms with Crippen LogP contribution in [0.2, 0.25) is 0 Å². The van der Waals surface area contributed by atoms with E-state index in [4.69, 9.17) is 0 Å². The van der Waals surface area contributed by atoms with Crippen LogP contribution in [-0.4, -0.2) is 24.0 Å². The molecule has 0 saturated heterocycles. The van der Waals surface area contributed by atoms with Gasteiger partial charge in [-0.25, -0.2) is 0 Å². The predicted octanol–water partition coefficient (Wildman–Crippen LogP) is 3.66. The SMILES string of the molecule is Cc1ccc(C(=O)Nc2ccc(S(=O)(=O)O)c3cc(C)cc(O)c23)cc1. The average Bonchev–Trinajstić information content (AvgIpc) is 2.53. The Morgan fingerprint density at radius 3 is 2.23 bits per heavy atom. The Hall–Kier alpha value is -2.90. The molecule has 0 aliphatic carbocycles. The van der Waals surface area contributed by atoms with Crippen LogP contribution in [0.15, 0.2) is 53.4 Å². The van der Waals surface area contributed by atoms with Gasteiger partial charge >= 0.3 is 0 Å². The lowest BCUT2D eigenvalue weighted by Gasteiger charge is -2.13. The minimum absolute atomic E-state index is 0.131. The van der Waals surface area contributed by atoms with Gasteiger partial charge in [-0.15, -0.1) is 0 Å². The van der Waals surface area contributed by atoms with Crippen molar-refractivity contribution in [3.8, 4) is 5.75 Å². The summed E-state index contributed by atoms with van der Waals surface area (Å²) in [6, 6.07) is 12.5. The standard InChI is InChI=1S/C19H17NO5S/c1-11-3-5-13(6-4-11)19(22)20-15-7-8-17(26(23,24)25)14-9-12(2)10-16(21)18(14)15/h3-10,21H,1-2H3,(H,20,22)(H,23,24,25). The summed E-state index contributed by atoms with van der Waals surface area (Å²) in [6.07, 6.45) is 0. The van der Waals surface area contributed by atoms with Crippen molar-refractivity contribution in [1.29, 1.82) is 0 Å². The first-order valence-corrected chi connectivity index (χ1v) is 9.22. The molecule has 0 atom stereocenters. The molecule has 0 bridgehead atoms. The summed E-state index contributed by atoms with van der Waals surface area (Å²) < 4.78 is 32.7. The van der Waals surface area contributed by atoms with Crippen LogP contribution in [0, 0.1) is 13.8 Å². The number of anilines is 1. The van der Waals surface area contributed by atoms with Gasteiger partial charge in [0.05, 0.1) is 5.69 Å². The van der Waals surface area contributed by atoms with E-state index in [0.29, 0.717) is 11.1 Å². The Bertz CT molecular complexity index is 1120. The number of carbonyl (C=O) groups is 1. The number of aromatic hydroxyl groups is 1. The summed E-state index contributed by atoms with van der Waals surface area (Å²) >= 11 is 0. The van der Waals surface area contributed by atoms with Crippen LogP contribution in [0.5, 0.6) is 5.75 Å². The molecule has 0 spiro atoms. The van der Waals surface area contributed by atoms with Gasteiger partial charge in [0.1, 0.15) is 10.6 Å². The number of nitrogens with one attached hydrogen (secondary N) is 1. The fourth-order valence-electron chi connectivity index (χ4n) is 2.81. The second-order valence-corrected chi connectivity index (χ2v) is 7.50. The maximum absolute atomic E-state index is 12.5. The van der Waals surface area contributed by atoms with E-state index in [-0.39, 0.29) is 27.1 Å². The highest BCUT2D eigenvalue weighted by Crippen LogP contribution is 2.37. The number of amides is 1. The number of phenols is 1. The quantitative estimate of drug-likeness (QED) is 0.610. The Morgan fingerprint density at radius 1 is 0.962 bits per heavy atom. The molecule has 3 rings (SSSR count). The number of fused-ring (bicyclic) bond motifs is 1. The molecule has 0 aliphatic rings. The first-order chi connectivity index (χ1) is 12.2. The highest BCUT2D eigenvalue weighted by atomic mass is 32.2. The zero-order valence-electron chi connectivity index (χ0n) is 14.1.